The molecular weight excluding hydrogens is 374 g/mol. The molecular formula is C24H23N5O. The van der Waals surface area contributed by atoms with E-state index in [0.29, 0.717) is 24.0 Å². The number of hydrogen-bond donors (Lipinski definition) is 2. The van der Waals surface area contributed by atoms with Gasteiger partial charge >= 0.3 is 0 Å². The molecule has 2 N–H and O–H groups in total. The summed E-state index contributed by atoms with van der Waals surface area (Å²) in [5.74, 6) is 2.78. The maximum absolute atomic E-state index is 5.49. The van der Waals surface area contributed by atoms with E-state index in [0.717, 1.165) is 28.3 Å². The summed E-state index contributed by atoms with van der Waals surface area (Å²) >= 11 is 0. The number of nitrogens with one attached hydrogen (secondary N) is 2. The first-order valence-corrected chi connectivity index (χ1v) is 9.71. The molecule has 2 heterocycles. The Morgan fingerprint density at radius 1 is 0.867 bits per heavy atom. The maximum Gasteiger partial charge on any atom is 0.163 e. The van der Waals surface area contributed by atoms with E-state index in [2.05, 4.69) is 15.6 Å². The molecule has 0 atom stereocenters. The number of ether oxygens (including phenoxy) is 1. The zero-order valence-corrected chi connectivity index (χ0v) is 17.0. The van der Waals surface area contributed by atoms with Crippen LogP contribution in [0.5, 0.6) is 5.75 Å². The monoisotopic (exact) mass is 397 g/mol. The van der Waals surface area contributed by atoms with Crippen LogP contribution in [0, 0.1) is 6.92 Å². The number of anilines is 3. The van der Waals surface area contributed by atoms with Crippen molar-refractivity contribution >= 4 is 17.3 Å². The summed E-state index contributed by atoms with van der Waals surface area (Å²) in [6.45, 7) is 2.61. The molecule has 0 saturated carbocycles. The normalized spacial score (nSPS) is 10.5. The van der Waals surface area contributed by atoms with Crippen LogP contribution in [0.1, 0.15) is 11.3 Å². The number of aryl methyl sites for hydroxylation is 1. The van der Waals surface area contributed by atoms with Crippen molar-refractivity contribution in [1.29, 1.82) is 0 Å². The maximum atomic E-state index is 5.49. The van der Waals surface area contributed by atoms with E-state index < -0.39 is 0 Å². The summed E-state index contributed by atoms with van der Waals surface area (Å²) in [5.41, 5.74) is 3.86. The van der Waals surface area contributed by atoms with Crippen LogP contribution in [0.3, 0.4) is 0 Å². The van der Waals surface area contributed by atoms with Gasteiger partial charge in [0.15, 0.2) is 5.82 Å². The first-order chi connectivity index (χ1) is 14.7. The molecule has 150 valence electrons. The lowest BCUT2D eigenvalue weighted by Gasteiger charge is -2.14. The number of aromatic nitrogens is 3. The van der Waals surface area contributed by atoms with Crippen LogP contribution >= 0.6 is 0 Å². The van der Waals surface area contributed by atoms with E-state index in [-0.39, 0.29) is 0 Å². The lowest BCUT2D eigenvalue weighted by Crippen LogP contribution is -2.06. The van der Waals surface area contributed by atoms with Crippen molar-refractivity contribution in [3.8, 4) is 17.1 Å². The van der Waals surface area contributed by atoms with Crippen LogP contribution < -0.4 is 15.4 Å². The molecule has 6 heteroatoms. The smallest absolute Gasteiger partial charge is 0.163 e. The van der Waals surface area contributed by atoms with Gasteiger partial charge in [-0.25, -0.2) is 9.97 Å². The van der Waals surface area contributed by atoms with Gasteiger partial charge < -0.3 is 15.4 Å². The fourth-order valence-electron chi connectivity index (χ4n) is 3.06. The molecule has 2 aromatic carbocycles. The minimum absolute atomic E-state index is 0.569. The van der Waals surface area contributed by atoms with Crippen LogP contribution in [-0.4, -0.2) is 22.1 Å². The number of nitrogens with zero attached hydrogens (tertiary/aromatic N) is 3. The highest BCUT2D eigenvalue weighted by Gasteiger charge is 2.10. The molecule has 0 aliphatic rings. The third kappa shape index (κ3) is 4.72. The van der Waals surface area contributed by atoms with E-state index in [1.807, 2.05) is 79.7 Å². The Balaban J connectivity index is 1.67. The molecule has 4 aromatic rings. The van der Waals surface area contributed by atoms with Gasteiger partial charge in [-0.2, -0.15) is 0 Å². The molecule has 0 spiro atoms. The van der Waals surface area contributed by atoms with E-state index in [4.69, 9.17) is 14.7 Å². The molecule has 0 aliphatic carbocycles. The minimum atomic E-state index is 0.569. The van der Waals surface area contributed by atoms with E-state index in [1.165, 1.54) is 0 Å². The van der Waals surface area contributed by atoms with Gasteiger partial charge in [-0.05, 0) is 36.8 Å². The van der Waals surface area contributed by atoms with Gasteiger partial charge in [-0.3, -0.25) is 4.98 Å². The van der Waals surface area contributed by atoms with Crippen molar-refractivity contribution in [2.75, 3.05) is 17.7 Å². The van der Waals surface area contributed by atoms with Gasteiger partial charge in [0.2, 0.25) is 0 Å². The molecule has 0 saturated heterocycles. The van der Waals surface area contributed by atoms with Gasteiger partial charge in [-0.15, -0.1) is 0 Å². The Morgan fingerprint density at radius 3 is 2.43 bits per heavy atom. The lowest BCUT2D eigenvalue weighted by atomic mass is 10.2. The Labute approximate surface area is 176 Å². The number of hydrogen-bond acceptors (Lipinski definition) is 6. The zero-order valence-electron chi connectivity index (χ0n) is 17.0. The van der Waals surface area contributed by atoms with Gasteiger partial charge in [-0.1, -0.05) is 42.5 Å². The Kier molecular flexibility index (Phi) is 5.85. The Morgan fingerprint density at radius 2 is 1.67 bits per heavy atom. The summed E-state index contributed by atoms with van der Waals surface area (Å²) in [6, 6.07) is 23.6. The Bertz CT molecular complexity index is 1120. The molecule has 0 aliphatic heterocycles. The summed E-state index contributed by atoms with van der Waals surface area (Å²) in [4.78, 5) is 13.8. The van der Waals surface area contributed by atoms with Crippen molar-refractivity contribution in [3.05, 3.63) is 90.3 Å². The average Bonchev–Trinajstić information content (AvgIpc) is 2.79. The minimum Gasteiger partial charge on any atom is -0.495 e. The van der Waals surface area contributed by atoms with Gasteiger partial charge in [0.05, 0.1) is 25.0 Å². The van der Waals surface area contributed by atoms with E-state index in [1.54, 1.807) is 13.3 Å². The molecule has 4 rings (SSSR count). The molecule has 0 amide bonds. The molecule has 6 nitrogen and oxygen atoms in total. The second-order valence-electron chi connectivity index (χ2n) is 6.83. The summed E-state index contributed by atoms with van der Waals surface area (Å²) in [7, 11) is 1.66. The second-order valence-corrected chi connectivity index (χ2v) is 6.83. The topological polar surface area (TPSA) is 72.0 Å². The van der Waals surface area contributed by atoms with Crippen LogP contribution in [0.25, 0.3) is 11.4 Å². The summed E-state index contributed by atoms with van der Waals surface area (Å²) in [6.07, 6.45) is 1.78. The molecule has 0 unspecified atom stereocenters. The van der Waals surface area contributed by atoms with Crippen LogP contribution in [0.4, 0.5) is 17.3 Å². The molecule has 0 radical (unpaired) electrons. The lowest BCUT2D eigenvalue weighted by molar-refractivity contribution is 0.416. The summed E-state index contributed by atoms with van der Waals surface area (Å²) in [5, 5.41) is 6.73. The quantitative estimate of drug-likeness (QED) is 0.446. The molecule has 30 heavy (non-hydrogen) atoms. The molecule has 0 fully saturated rings. The number of benzene rings is 2. The van der Waals surface area contributed by atoms with Crippen molar-refractivity contribution in [1.82, 2.24) is 15.0 Å². The van der Waals surface area contributed by atoms with Gasteiger partial charge in [0.25, 0.3) is 0 Å². The highest BCUT2D eigenvalue weighted by Crippen LogP contribution is 2.29. The number of pyridine rings is 1. The highest BCUT2D eigenvalue weighted by atomic mass is 16.5. The highest BCUT2D eigenvalue weighted by molar-refractivity contribution is 5.69. The van der Waals surface area contributed by atoms with E-state index >= 15 is 0 Å². The largest absolute Gasteiger partial charge is 0.495 e. The van der Waals surface area contributed by atoms with Crippen molar-refractivity contribution < 1.29 is 4.74 Å². The number of rotatable bonds is 7. The first kappa shape index (κ1) is 19.4. The van der Waals surface area contributed by atoms with Crippen molar-refractivity contribution in [2.24, 2.45) is 0 Å². The SMILES string of the molecule is COc1ccc(C)cc1Nc1cc(NCc2ccccn2)nc(-c2ccccc2)n1. The Hall–Kier alpha value is -3.93. The summed E-state index contributed by atoms with van der Waals surface area (Å²) < 4.78 is 5.49. The zero-order chi connectivity index (χ0) is 20.8. The van der Waals surface area contributed by atoms with E-state index in [9.17, 15) is 0 Å². The second kappa shape index (κ2) is 9.05. The van der Waals surface area contributed by atoms with Crippen LogP contribution in [-0.2, 0) is 6.54 Å². The average molecular weight is 397 g/mol. The predicted octanol–water partition coefficient (Wildman–Crippen LogP) is 5.21. The fourth-order valence-corrected chi connectivity index (χ4v) is 3.06. The van der Waals surface area contributed by atoms with Crippen molar-refractivity contribution in [2.45, 2.75) is 13.5 Å². The molecule has 0 bridgehead atoms. The van der Waals surface area contributed by atoms with Crippen molar-refractivity contribution in [3.63, 3.8) is 0 Å². The van der Waals surface area contributed by atoms with Gasteiger partial charge in [0.1, 0.15) is 17.4 Å². The third-order valence-electron chi connectivity index (χ3n) is 4.55. The predicted molar refractivity (Wildman–Crippen MR) is 120 cm³/mol. The first-order valence-electron chi connectivity index (χ1n) is 9.71. The van der Waals surface area contributed by atoms with Gasteiger partial charge in [0, 0.05) is 17.8 Å². The fraction of sp³-hybridized carbons (Fsp3) is 0.125. The van der Waals surface area contributed by atoms with Crippen LogP contribution in [0.15, 0.2) is 79.0 Å². The molecule has 2 aromatic heterocycles. The number of methoxy groups -OCH3 is 1. The van der Waals surface area contributed by atoms with Crippen LogP contribution in [0.2, 0.25) is 0 Å². The standard InChI is InChI=1S/C24H23N5O/c1-17-11-12-21(30-2)20(14-17)27-23-15-22(26-16-19-10-6-7-13-25-19)28-24(29-23)18-8-4-3-5-9-18/h3-15H,16H2,1-2H3,(H2,26,27,28,29). The third-order valence-corrected chi connectivity index (χ3v) is 4.55.